The smallest absolute Gasteiger partial charge is 0.303 e. The van der Waals surface area contributed by atoms with Crippen LogP contribution in [0.1, 0.15) is 51.9 Å². The molecule has 0 heterocycles. The van der Waals surface area contributed by atoms with Crippen molar-refractivity contribution in [1.29, 1.82) is 0 Å². The van der Waals surface area contributed by atoms with Crippen molar-refractivity contribution >= 4 is 5.97 Å². The predicted octanol–water partition coefficient (Wildman–Crippen LogP) is 2.43. The van der Waals surface area contributed by atoms with Gasteiger partial charge in [-0.15, -0.1) is 0 Å². The van der Waals surface area contributed by atoms with Gasteiger partial charge in [-0.05, 0) is 38.8 Å². The average molecular weight is 245 g/mol. The Morgan fingerprint density at radius 1 is 1.06 bits per heavy atom. The van der Waals surface area contributed by atoms with Crippen molar-refractivity contribution in [2.24, 2.45) is 0 Å². The molecule has 0 amide bonds. The first-order chi connectivity index (χ1) is 8.27. The summed E-state index contributed by atoms with van der Waals surface area (Å²) in [4.78, 5) is 10.3. The van der Waals surface area contributed by atoms with Gasteiger partial charge in [0.15, 0.2) is 0 Å². The summed E-state index contributed by atoms with van der Waals surface area (Å²) in [6, 6.07) is 0. The summed E-state index contributed by atoms with van der Waals surface area (Å²) in [5, 5.41) is 11.8. The monoisotopic (exact) mass is 245 g/mol. The fourth-order valence-electron chi connectivity index (χ4n) is 1.48. The highest BCUT2D eigenvalue weighted by atomic mass is 16.5. The first-order valence-corrected chi connectivity index (χ1v) is 6.77. The number of rotatable bonds is 13. The van der Waals surface area contributed by atoms with Crippen LogP contribution < -0.4 is 5.32 Å². The quantitative estimate of drug-likeness (QED) is 0.489. The molecule has 0 saturated carbocycles. The van der Waals surface area contributed by atoms with Crippen LogP contribution >= 0.6 is 0 Å². The van der Waals surface area contributed by atoms with Crippen molar-refractivity contribution < 1.29 is 14.6 Å². The standard InChI is InChI=1S/C13H27NO3/c1-2-3-11-17-12-7-10-14-9-6-4-5-8-13(15)16/h14H,2-12H2,1H3,(H,15,16). The lowest BCUT2D eigenvalue weighted by molar-refractivity contribution is -0.137. The molecule has 0 aliphatic carbocycles. The normalized spacial score (nSPS) is 10.6. The summed E-state index contributed by atoms with van der Waals surface area (Å²) in [5.74, 6) is -0.692. The number of hydrogen-bond donors (Lipinski definition) is 2. The minimum Gasteiger partial charge on any atom is -0.481 e. The van der Waals surface area contributed by atoms with Crippen LogP contribution in [0.15, 0.2) is 0 Å². The molecule has 2 N–H and O–H groups in total. The number of aliphatic carboxylic acids is 1. The van der Waals surface area contributed by atoms with Crippen LogP contribution in [0.2, 0.25) is 0 Å². The molecule has 102 valence electrons. The van der Waals surface area contributed by atoms with E-state index in [-0.39, 0.29) is 0 Å². The fourth-order valence-corrected chi connectivity index (χ4v) is 1.48. The van der Waals surface area contributed by atoms with Crippen molar-refractivity contribution in [3.05, 3.63) is 0 Å². The van der Waals surface area contributed by atoms with Gasteiger partial charge in [0.2, 0.25) is 0 Å². The summed E-state index contributed by atoms with van der Waals surface area (Å²) in [6.45, 7) is 5.85. The third-order valence-corrected chi connectivity index (χ3v) is 2.53. The van der Waals surface area contributed by atoms with Gasteiger partial charge in [0.05, 0.1) is 0 Å². The SMILES string of the molecule is CCCCOCCCNCCCCCC(=O)O. The van der Waals surface area contributed by atoms with Crippen LogP contribution in [0.3, 0.4) is 0 Å². The highest BCUT2D eigenvalue weighted by Crippen LogP contribution is 1.98. The number of hydrogen-bond acceptors (Lipinski definition) is 3. The molecule has 0 fully saturated rings. The number of nitrogens with one attached hydrogen (secondary N) is 1. The van der Waals surface area contributed by atoms with E-state index < -0.39 is 5.97 Å². The molecule has 0 atom stereocenters. The molecule has 17 heavy (non-hydrogen) atoms. The Morgan fingerprint density at radius 3 is 2.47 bits per heavy atom. The Balaban J connectivity index is 2.91. The highest BCUT2D eigenvalue weighted by Gasteiger charge is 1.96. The Hall–Kier alpha value is -0.610. The summed E-state index contributed by atoms with van der Waals surface area (Å²) in [7, 11) is 0. The molecular weight excluding hydrogens is 218 g/mol. The fraction of sp³-hybridized carbons (Fsp3) is 0.923. The topological polar surface area (TPSA) is 58.6 Å². The van der Waals surface area contributed by atoms with E-state index in [2.05, 4.69) is 12.2 Å². The Bertz CT molecular complexity index is 174. The second-order valence-electron chi connectivity index (χ2n) is 4.27. The van der Waals surface area contributed by atoms with E-state index in [0.29, 0.717) is 6.42 Å². The molecule has 0 aromatic heterocycles. The van der Waals surface area contributed by atoms with Gasteiger partial charge < -0.3 is 15.2 Å². The zero-order valence-electron chi connectivity index (χ0n) is 11.0. The predicted molar refractivity (Wildman–Crippen MR) is 69.3 cm³/mol. The lowest BCUT2D eigenvalue weighted by Crippen LogP contribution is -2.18. The molecule has 0 aliphatic rings. The van der Waals surface area contributed by atoms with Crippen molar-refractivity contribution in [2.75, 3.05) is 26.3 Å². The van der Waals surface area contributed by atoms with Crippen LogP contribution in [0.25, 0.3) is 0 Å². The van der Waals surface area contributed by atoms with E-state index >= 15 is 0 Å². The van der Waals surface area contributed by atoms with Crippen molar-refractivity contribution in [1.82, 2.24) is 5.32 Å². The lowest BCUT2D eigenvalue weighted by atomic mass is 10.2. The number of carbonyl (C=O) groups is 1. The van der Waals surface area contributed by atoms with Crippen molar-refractivity contribution in [3.8, 4) is 0 Å². The molecule has 0 unspecified atom stereocenters. The summed E-state index contributed by atoms with van der Waals surface area (Å²) in [5.41, 5.74) is 0. The van der Waals surface area contributed by atoms with Crippen LogP contribution in [0.5, 0.6) is 0 Å². The Labute approximate surface area is 105 Å². The molecule has 0 saturated heterocycles. The minimum atomic E-state index is -0.692. The zero-order chi connectivity index (χ0) is 12.8. The van der Waals surface area contributed by atoms with E-state index in [0.717, 1.165) is 58.4 Å². The maximum absolute atomic E-state index is 10.3. The lowest BCUT2D eigenvalue weighted by Gasteiger charge is -2.05. The van der Waals surface area contributed by atoms with E-state index in [9.17, 15) is 4.79 Å². The van der Waals surface area contributed by atoms with Gasteiger partial charge in [-0.2, -0.15) is 0 Å². The van der Waals surface area contributed by atoms with Gasteiger partial charge in [0, 0.05) is 19.6 Å². The Kier molecular flexibility index (Phi) is 13.0. The first kappa shape index (κ1) is 16.4. The molecule has 4 nitrogen and oxygen atoms in total. The van der Waals surface area contributed by atoms with Gasteiger partial charge in [-0.25, -0.2) is 0 Å². The number of carboxylic acid groups (broad SMARTS) is 1. The van der Waals surface area contributed by atoms with E-state index in [1.807, 2.05) is 0 Å². The zero-order valence-corrected chi connectivity index (χ0v) is 11.0. The second kappa shape index (κ2) is 13.5. The summed E-state index contributed by atoms with van der Waals surface area (Å²) in [6.07, 6.45) is 6.53. The van der Waals surface area contributed by atoms with Crippen LogP contribution in [0, 0.1) is 0 Å². The molecule has 4 heteroatoms. The molecule has 0 bridgehead atoms. The molecule has 0 radical (unpaired) electrons. The second-order valence-corrected chi connectivity index (χ2v) is 4.27. The van der Waals surface area contributed by atoms with E-state index in [4.69, 9.17) is 9.84 Å². The highest BCUT2D eigenvalue weighted by molar-refractivity contribution is 5.66. The van der Waals surface area contributed by atoms with Crippen LogP contribution in [0.4, 0.5) is 0 Å². The van der Waals surface area contributed by atoms with Gasteiger partial charge >= 0.3 is 5.97 Å². The molecule has 0 aromatic rings. The van der Waals surface area contributed by atoms with Gasteiger partial charge in [-0.1, -0.05) is 19.8 Å². The van der Waals surface area contributed by atoms with Gasteiger partial charge in [0.25, 0.3) is 0 Å². The van der Waals surface area contributed by atoms with Crippen molar-refractivity contribution in [3.63, 3.8) is 0 Å². The van der Waals surface area contributed by atoms with Crippen molar-refractivity contribution in [2.45, 2.75) is 51.9 Å². The molecule has 0 rings (SSSR count). The molecule has 0 spiro atoms. The van der Waals surface area contributed by atoms with Crippen LogP contribution in [-0.2, 0) is 9.53 Å². The summed E-state index contributed by atoms with van der Waals surface area (Å²) < 4.78 is 5.44. The number of carboxylic acids is 1. The molecular formula is C13H27NO3. The first-order valence-electron chi connectivity index (χ1n) is 6.77. The maximum Gasteiger partial charge on any atom is 0.303 e. The maximum atomic E-state index is 10.3. The minimum absolute atomic E-state index is 0.297. The average Bonchev–Trinajstić information content (AvgIpc) is 2.30. The van der Waals surface area contributed by atoms with Crippen LogP contribution in [-0.4, -0.2) is 37.4 Å². The van der Waals surface area contributed by atoms with E-state index in [1.165, 1.54) is 6.42 Å². The third-order valence-electron chi connectivity index (χ3n) is 2.53. The van der Waals surface area contributed by atoms with E-state index in [1.54, 1.807) is 0 Å². The third kappa shape index (κ3) is 15.4. The van der Waals surface area contributed by atoms with Gasteiger partial charge in [-0.3, -0.25) is 4.79 Å². The summed E-state index contributed by atoms with van der Waals surface area (Å²) >= 11 is 0. The Morgan fingerprint density at radius 2 is 1.76 bits per heavy atom. The molecule has 0 aromatic carbocycles. The largest absolute Gasteiger partial charge is 0.481 e. The van der Waals surface area contributed by atoms with Gasteiger partial charge in [0.1, 0.15) is 0 Å². The molecule has 0 aliphatic heterocycles. The number of unbranched alkanes of at least 4 members (excludes halogenated alkanes) is 3. The number of ether oxygens (including phenoxy) is 1.